The van der Waals surface area contributed by atoms with E-state index in [9.17, 15) is 0 Å². The van der Waals surface area contributed by atoms with Crippen molar-refractivity contribution in [3.05, 3.63) is 59.9 Å². The Morgan fingerprint density at radius 2 is 1.86 bits per heavy atom. The molecule has 3 aromatic rings. The molecule has 0 bridgehead atoms. The van der Waals surface area contributed by atoms with Crippen LogP contribution in [-0.4, -0.2) is 16.7 Å². The molecule has 1 heterocycles. The summed E-state index contributed by atoms with van der Waals surface area (Å²) in [4.78, 5) is 4.65. The Morgan fingerprint density at radius 1 is 1.14 bits per heavy atom. The largest absolute Gasteiger partial charge is 0.496 e. The molecule has 21 heavy (non-hydrogen) atoms. The molecule has 0 spiro atoms. The molecular formula is C17H17ClN2O. The van der Waals surface area contributed by atoms with Gasteiger partial charge in [0.05, 0.1) is 30.1 Å². The lowest BCUT2D eigenvalue weighted by Gasteiger charge is -2.13. The monoisotopic (exact) mass is 300 g/mol. The molecule has 3 rings (SSSR count). The zero-order valence-electron chi connectivity index (χ0n) is 12.1. The van der Waals surface area contributed by atoms with Gasteiger partial charge in [0.15, 0.2) is 0 Å². The lowest BCUT2D eigenvalue weighted by molar-refractivity contribution is 0.408. The van der Waals surface area contributed by atoms with Crippen LogP contribution in [-0.2, 0) is 6.54 Å². The van der Waals surface area contributed by atoms with Crippen molar-refractivity contribution in [2.75, 3.05) is 7.11 Å². The fraction of sp³-hybridized carbons (Fsp3) is 0.235. The SMILES string of the molecule is COc1ccccc1Cn1c(C(C)Cl)nc2ccccc21. The number of imidazole rings is 1. The summed E-state index contributed by atoms with van der Waals surface area (Å²) in [6, 6.07) is 16.1. The van der Waals surface area contributed by atoms with Crippen molar-refractivity contribution < 1.29 is 4.74 Å². The van der Waals surface area contributed by atoms with Gasteiger partial charge in [-0.05, 0) is 25.1 Å². The van der Waals surface area contributed by atoms with E-state index in [4.69, 9.17) is 16.3 Å². The number of hydrogen-bond donors (Lipinski definition) is 0. The number of methoxy groups -OCH3 is 1. The molecule has 0 radical (unpaired) electrons. The molecular weight excluding hydrogens is 284 g/mol. The average Bonchev–Trinajstić information content (AvgIpc) is 2.87. The van der Waals surface area contributed by atoms with E-state index < -0.39 is 0 Å². The number of fused-ring (bicyclic) bond motifs is 1. The Balaban J connectivity index is 2.13. The Labute approximate surface area is 129 Å². The molecule has 0 aliphatic rings. The van der Waals surface area contributed by atoms with E-state index in [-0.39, 0.29) is 5.38 Å². The summed E-state index contributed by atoms with van der Waals surface area (Å²) in [7, 11) is 1.69. The van der Waals surface area contributed by atoms with Crippen LogP contribution in [0, 0.1) is 0 Å². The topological polar surface area (TPSA) is 27.1 Å². The number of halogens is 1. The average molecular weight is 301 g/mol. The van der Waals surface area contributed by atoms with Gasteiger partial charge in [-0.15, -0.1) is 11.6 Å². The Bertz CT molecular complexity index is 764. The van der Waals surface area contributed by atoms with E-state index in [1.165, 1.54) is 0 Å². The summed E-state index contributed by atoms with van der Waals surface area (Å²) in [6.07, 6.45) is 0. The first-order valence-corrected chi connectivity index (χ1v) is 7.35. The smallest absolute Gasteiger partial charge is 0.128 e. The third-order valence-corrected chi connectivity index (χ3v) is 3.76. The highest BCUT2D eigenvalue weighted by molar-refractivity contribution is 6.20. The van der Waals surface area contributed by atoms with Crippen LogP contribution in [0.4, 0.5) is 0 Å². The maximum absolute atomic E-state index is 6.31. The second-order valence-corrected chi connectivity index (χ2v) is 5.63. The predicted octanol–water partition coefficient (Wildman–Crippen LogP) is 4.39. The highest BCUT2D eigenvalue weighted by Crippen LogP contribution is 2.27. The fourth-order valence-electron chi connectivity index (χ4n) is 2.57. The van der Waals surface area contributed by atoms with Gasteiger partial charge in [-0.25, -0.2) is 4.98 Å². The first-order valence-electron chi connectivity index (χ1n) is 6.92. The van der Waals surface area contributed by atoms with Crippen LogP contribution >= 0.6 is 11.6 Å². The van der Waals surface area contributed by atoms with E-state index in [1.807, 2.05) is 43.3 Å². The molecule has 1 unspecified atom stereocenters. The normalized spacial score (nSPS) is 12.5. The summed E-state index contributed by atoms with van der Waals surface area (Å²) in [5, 5.41) is -0.146. The van der Waals surface area contributed by atoms with Crippen molar-refractivity contribution in [3.8, 4) is 5.75 Å². The number of hydrogen-bond acceptors (Lipinski definition) is 2. The van der Waals surface area contributed by atoms with E-state index in [1.54, 1.807) is 7.11 Å². The zero-order valence-corrected chi connectivity index (χ0v) is 12.8. The molecule has 0 fully saturated rings. The Morgan fingerprint density at radius 3 is 2.62 bits per heavy atom. The Hall–Kier alpha value is -2.00. The molecule has 0 amide bonds. The number of aromatic nitrogens is 2. The summed E-state index contributed by atoms with van der Waals surface area (Å²) in [5.74, 6) is 1.76. The number of alkyl halides is 1. The fourth-order valence-corrected chi connectivity index (χ4v) is 2.73. The molecule has 2 aromatic carbocycles. The third kappa shape index (κ3) is 2.61. The van der Waals surface area contributed by atoms with Gasteiger partial charge < -0.3 is 9.30 Å². The van der Waals surface area contributed by atoms with Crippen LogP contribution in [0.25, 0.3) is 11.0 Å². The molecule has 1 atom stereocenters. The second-order valence-electron chi connectivity index (χ2n) is 4.97. The van der Waals surface area contributed by atoms with Gasteiger partial charge in [-0.3, -0.25) is 0 Å². The third-order valence-electron chi connectivity index (χ3n) is 3.56. The summed E-state index contributed by atoms with van der Waals surface area (Å²) < 4.78 is 7.60. The maximum Gasteiger partial charge on any atom is 0.128 e. The standard InChI is InChI=1S/C17H17ClN2O/c1-12(18)17-19-14-8-4-5-9-15(14)20(17)11-13-7-3-6-10-16(13)21-2/h3-10,12H,11H2,1-2H3. The molecule has 0 aliphatic heterocycles. The number of ether oxygens (including phenoxy) is 1. The summed E-state index contributed by atoms with van der Waals surface area (Å²) >= 11 is 6.31. The summed E-state index contributed by atoms with van der Waals surface area (Å²) in [6.45, 7) is 2.64. The van der Waals surface area contributed by atoms with E-state index in [0.717, 1.165) is 28.2 Å². The first-order chi connectivity index (χ1) is 10.2. The predicted molar refractivity (Wildman–Crippen MR) is 86.1 cm³/mol. The highest BCUT2D eigenvalue weighted by atomic mass is 35.5. The second kappa shape index (κ2) is 5.78. The number of benzene rings is 2. The van der Waals surface area contributed by atoms with Gasteiger partial charge in [0, 0.05) is 5.56 Å². The van der Waals surface area contributed by atoms with Gasteiger partial charge in [0.1, 0.15) is 11.6 Å². The van der Waals surface area contributed by atoms with Crippen molar-refractivity contribution >= 4 is 22.6 Å². The minimum atomic E-state index is -0.146. The lowest BCUT2D eigenvalue weighted by atomic mass is 10.2. The van der Waals surface area contributed by atoms with Crippen molar-refractivity contribution in [1.82, 2.24) is 9.55 Å². The van der Waals surface area contributed by atoms with Gasteiger partial charge in [-0.2, -0.15) is 0 Å². The van der Waals surface area contributed by atoms with Crippen LogP contribution in [0.15, 0.2) is 48.5 Å². The van der Waals surface area contributed by atoms with Crippen LogP contribution in [0.1, 0.15) is 23.7 Å². The van der Waals surface area contributed by atoms with Crippen LogP contribution < -0.4 is 4.74 Å². The molecule has 1 aromatic heterocycles. The van der Waals surface area contributed by atoms with Gasteiger partial charge >= 0.3 is 0 Å². The number of nitrogens with zero attached hydrogens (tertiary/aromatic N) is 2. The summed E-state index contributed by atoms with van der Waals surface area (Å²) in [5.41, 5.74) is 3.17. The van der Waals surface area contributed by atoms with Gasteiger partial charge in [0.25, 0.3) is 0 Å². The molecule has 0 aliphatic carbocycles. The molecule has 108 valence electrons. The maximum atomic E-state index is 6.31. The lowest BCUT2D eigenvalue weighted by Crippen LogP contribution is -2.06. The highest BCUT2D eigenvalue weighted by Gasteiger charge is 2.15. The van der Waals surface area contributed by atoms with Crippen molar-refractivity contribution in [2.45, 2.75) is 18.8 Å². The zero-order chi connectivity index (χ0) is 14.8. The molecule has 0 N–H and O–H groups in total. The van der Waals surface area contributed by atoms with Gasteiger partial charge in [-0.1, -0.05) is 30.3 Å². The van der Waals surface area contributed by atoms with Crippen LogP contribution in [0.3, 0.4) is 0 Å². The molecule has 0 saturated heterocycles. The van der Waals surface area contributed by atoms with Crippen molar-refractivity contribution in [3.63, 3.8) is 0 Å². The van der Waals surface area contributed by atoms with Crippen LogP contribution in [0.2, 0.25) is 0 Å². The minimum absolute atomic E-state index is 0.146. The van der Waals surface area contributed by atoms with E-state index in [2.05, 4.69) is 21.7 Å². The molecule has 3 nitrogen and oxygen atoms in total. The quantitative estimate of drug-likeness (QED) is 0.668. The molecule has 4 heteroatoms. The van der Waals surface area contributed by atoms with E-state index in [0.29, 0.717) is 6.54 Å². The van der Waals surface area contributed by atoms with Crippen molar-refractivity contribution in [1.29, 1.82) is 0 Å². The van der Waals surface area contributed by atoms with E-state index >= 15 is 0 Å². The van der Waals surface area contributed by atoms with Gasteiger partial charge in [0.2, 0.25) is 0 Å². The van der Waals surface area contributed by atoms with Crippen LogP contribution in [0.5, 0.6) is 5.75 Å². The first kappa shape index (κ1) is 14.0. The number of para-hydroxylation sites is 3. The molecule has 0 saturated carbocycles. The Kier molecular flexibility index (Phi) is 3.84. The number of rotatable bonds is 4. The van der Waals surface area contributed by atoms with Crippen molar-refractivity contribution in [2.24, 2.45) is 0 Å². The minimum Gasteiger partial charge on any atom is -0.496 e.